The summed E-state index contributed by atoms with van der Waals surface area (Å²) in [5.41, 5.74) is 4.71. The number of benzene rings is 3. The van der Waals surface area contributed by atoms with Crippen molar-refractivity contribution >= 4 is 21.7 Å². The molecule has 122 valence electrons. The van der Waals surface area contributed by atoms with Crippen molar-refractivity contribution in [2.45, 2.75) is 6.61 Å². The highest BCUT2D eigenvalue weighted by molar-refractivity contribution is 6.12. The fourth-order valence-electron chi connectivity index (χ4n) is 3.90. The topological polar surface area (TPSA) is 22.3 Å². The van der Waals surface area contributed by atoms with E-state index >= 15 is 0 Å². The van der Waals surface area contributed by atoms with Gasteiger partial charge in [-0.05, 0) is 29.8 Å². The van der Waals surface area contributed by atoms with E-state index in [0.717, 1.165) is 17.1 Å². The maximum atomic E-state index is 6.18. The van der Waals surface area contributed by atoms with E-state index in [1.165, 1.54) is 32.9 Å². The molecule has 0 aliphatic carbocycles. The highest BCUT2D eigenvalue weighted by Crippen LogP contribution is 2.46. The standard InChI is InChI=1S/C22H18NO2/c1-23-18-12-14(13-24-2)10-11-15(18)16-7-5-9-20-21(16)22(23)17-6-3-4-8-19(17)25-20/h3-12H,13H2,1-2H3/q+1. The van der Waals surface area contributed by atoms with Crippen molar-refractivity contribution < 1.29 is 14.0 Å². The van der Waals surface area contributed by atoms with Gasteiger partial charge in [0.2, 0.25) is 11.2 Å². The van der Waals surface area contributed by atoms with Gasteiger partial charge < -0.3 is 9.47 Å². The SMILES string of the molecule is COCc1ccc2c3cccc4c3c([n+](C)c2c1)-c1ccccc1O4. The Morgan fingerprint density at radius 2 is 1.76 bits per heavy atom. The number of aryl methyl sites for hydroxylation is 1. The van der Waals surface area contributed by atoms with Crippen LogP contribution in [0.3, 0.4) is 0 Å². The molecular weight excluding hydrogens is 310 g/mol. The molecule has 1 aromatic heterocycles. The summed E-state index contributed by atoms with van der Waals surface area (Å²) in [5.74, 6) is 1.83. The number of methoxy groups -OCH3 is 1. The van der Waals surface area contributed by atoms with Crippen molar-refractivity contribution in [3.05, 3.63) is 66.2 Å². The largest absolute Gasteiger partial charge is 0.456 e. The van der Waals surface area contributed by atoms with Crippen LogP contribution in [0.4, 0.5) is 0 Å². The maximum Gasteiger partial charge on any atom is 0.228 e. The first kappa shape index (κ1) is 14.4. The van der Waals surface area contributed by atoms with Crippen LogP contribution >= 0.6 is 0 Å². The number of rotatable bonds is 2. The van der Waals surface area contributed by atoms with E-state index in [1.54, 1.807) is 7.11 Å². The van der Waals surface area contributed by atoms with Gasteiger partial charge in [0.15, 0.2) is 0 Å². The number of aromatic nitrogens is 1. The molecule has 1 aliphatic heterocycles. The number of nitrogens with zero attached hydrogens (tertiary/aromatic N) is 1. The fraction of sp³-hybridized carbons (Fsp3) is 0.136. The van der Waals surface area contributed by atoms with E-state index < -0.39 is 0 Å². The van der Waals surface area contributed by atoms with Crippen molar-refractivity contribution in [1.82, 2.24) is 0 Å². The molecule has 0 spiro atoms. The van der Waals surface area contributed by atoms with Crippen LogP contribution in [0.15, 0.2) is 60.7 Å². The predicted molar refractivity (Wildman–Crippen MR) is 98.9 cm³/mol. The Balaban J connectivity index is 1.98. The Hall–Kier alpha value is -2.91. The second kappa shape index (κ2) is 5.30. The molecule has 1 aliphatic rings. The molecule has 0 fully saturated rings. The fourth-order valence-corrected chi connectivity index (χ4v) is 3.90. The van der Waals surface area contributed by atoms with Gasteiger partial charge in [-0.2, -0.15) is 4.57 Å². The number of para-hydroxylation sites is 1. The molecule has 3 nitrogen and oxygen atoms in total. The van der Waals surface area contributed by atoms with E-state index in [0.29, 0.717) is 6.61 Å². The smallest absolute Gasteiger partial charge is 0.228 e. The lowest BCUT2D eigenvalue weighted by atomic mass is 9.95. The minimum absolute atomic E-state index is 0.614. The molecule has 2 heterocycles. The third-order valence-electron chi connectivity index (χ3n) is 4.99. The van der Waals surface area contributed by atoms with Crippen LogP contribution in [0.5, 0.6) is 11.5 Å². The van der Waals surface area contributed by atoms with Crippen LogP contribution in [-0.4, -0.2) is 7.11 Å². The Labute approximate surface area is 146 Å². The highest BCUT2D eigenvalue weighted by atomic mass is 16.5. The second-order valence-corrected chi connectivity index (χ2v) is 6.47. The minimum Gasteiger partial charge on any atom is -0.456 e. The number of pyridine rings is 1. The quantitative estimate of drug-likeness (QED) is 0.345. The summed E-state index contributed by atoms with van der Waals surface area (Å²) in [6.07, 6.45) is 0. The van der Waals surface area contributed by atoms with Crippen molar-refractivity contribution in [3.63, 3.8) is 0 Å². The van der Waals surface area contributed by atoms with E-state index in [2.05, 4.69) is 54.1 Å². The van der Waals surface area contributed by atoms with Gasteiger partial charge in [-0.25, -0.2) is 0 Å². The molecule has 0 unspecified atom stereocenters. The summed E-state index contributed by atoms with van der Waals surface area (Å²) < 4.78 is 13.8. The zero-order valence-corrected chi connectivity index (χ0v) is 14.2. The molecule has 0 saturated carbocycles. The molecule has 5 rings (SSSR count). The zero-order valence-electron chi connectivity index (χ0n) is 14.2. The average molecular weight is 328 g/mol. The van der Waals surface area contributed by atoms with Crippen LogP contribution in [-0.2, 0) is 18.4 Å². The first-order chi connectivity index (χ1) is 12.3. The van der Waals surface area contributed by atoms with Crippen LogP contribution in [0.2, 0.25) is 0 Å². The van der Waals surface area contributed by atoms with Crippen LogP contribution < -0.4 is 9.30 Å². The Morgan fingerprint density at radius 1 is 0.920 bits per heavy atom. The van der Waals surface area contributed by atoms with Crippen molar-refractivity contribution in [2.24, 2.45) is 7.05 Å². The molecule has 0 atom stereocenters. The summed E-state index contributed by atoms with van der Waals surface area (Å²) in [5, 5.41) is 3.63. The molecule has 25 heavy (non-hydrogen) atoms. The van der Waals surface area contributed by atoms with E-state index in [-0.39, 0.29) is 0 Å². The highest BCUT2D eigenvalue weighted by Gasteiger charge is 2.29. The number of ether oxygens (including phenoxy) is 2. The molecule has 3 aromatic carbocycles. The molecule has 3 heteroatoms. The van der Waals surface area contributed by atoms with E-state index in [1.807, 2.05) is 18.2 Å². The lowest BCUT2D eigenvalue weighted by Crippen LogP contribution is -2.33. The number of hydrogen-bond acceptors (Lipinski definition) is 2. The van der Waals surface area contributed by atoms with Crippen LogP contribution in [0, 0.1) is 0 Å². The monoisotopic (exact) mass is 328 g/mol. The van der Waals surface area contributed by atoms with Gasteiger partial charge in [0, 0.05) is 18.6 Å². The normalized spacial score (nSPS) is 12.2. The lowest BCUT2D eigenvalue weighted by molar-refractivity contribution is -0.632. The first-order valence-corrected chi connectivity index (χ1v) is 8.41. The molecule has 0 N–H and O–H groups in total. The molecule has 0 bridgehead atoms. The first-order valence-electron chi connectivity index (χ1n) is 8.41. The Morgan fingerprint density at radius 3 is 2.64 bits per heavy atom. The van der Waals surface area contributed by atoms with Gasteiger partial charge in [0.25, 0.3) is 0 Å². The summed E-state index contributed by atoms with van der Waals surface area (Å²) in [6, 6.07) is 21.1. The van der Waals surface area contributed by atoms with Crippen molar-refractivity contribution in [3.8, 4) is 22.8 Å². The molecule has 0 amide bonds. The minimum atomic E-state index is 0.614. The Kier molecular flexibility index (Phi) is 3.06. The molecule has 4 aromatic rings. The van der Waals surface area contributed by atoms with E-state index in [4.69, 9.17) is 9.47 Å². The summed E-state index contributed by atoms with van der Waals surface area (Å²) in [7, 11) is 3.86. The third kappa shape index (κ3) is 1.99. The van der Waals surface area contributed by atoms with Gasteiger partial charge in [0.1, 0.15) is 18.5 Å². The van der Waals surface area contributed by atoms with Gasteiger partial charge >= 0.3 is 0 Å². The lowest BCUT2D eigenvalue weighted by Gasteiger charge is -2.20. The van der Waals surface area contributed by atoms with Crippen LogP contribution in [0.25, 0.3) is 32.9 Å². The van der Waals surface area contributed by atoms with E-state index in [9.17, 15) is 0 Å². The van der Waals surface area contributed by atoms with Crippen molar-refractivity contribution in [2.75, 3.05) is 7.11 Å². The maximum absolute atomic E-state index is 6.18. The molecule has 0 radical (unpaired) electrons. The van der Waals surface area contributed by atoms with Crippen molar-refractivity contribution in [1.29, 1.82) is 0 Å². The van der Waals surface area contributed by atoms with Gasteiger partial charge in [-0.1, -0.05) is 30.3 Å². The Bertz CT molecular complexity index is 1150. The second-order valence-electron chi connectivity index (χ2n) is 6.47. The molecule has 0 saturated heterocycles. The predicted octanol–water partition coefficient (Wildman–Crippen LogP) is 4.74. The molecular formula is C22H18NO2+. The summed E-state index contributed by atoms with van der Waals surface area (Å²) in [4.78, 5) is 0. The van der Waals surface area contributed by atoms with Gasteiger partial charge in [-0.3, -0.25) is 0 Å². The van der Waals surface area contributed by atoms with Crippen LogP contribution in [0.1, 0.15) is 5.56 Å². The van der Waals surface area contributed by atoms with Gasteiger partial charge in [0.05, 0.1) is 22.9 Å². The average Bonchev–Trinajstić information content (AvgIpc) is 2.65. The number of hydrogen-bond donors (Lipinski definition) is 0. The third-order valence-corrected chi connectivity index (χ3v) is 4.99. The van der Waals surface area contributed by atoms with Gasteiger partial charge in [-0.15, -0.1) is 0 Å². The number of fused-ring (bicyclic) bond motifs is 4. The summed E-state index contributed by atoms with van der Waals surface area (Å²) >= 11 is 0. The summed E-state index contributed by atoms with van der Waals surface area (Å²) in [6.45, 7) is 0.614. The zero-order chi connectivity index (χ0) is 17.0.